The lowest BCUT2D eigenvalue weighted by Gasteiger charge is -2.24. The lowest BCUT2D eigenvalue weighted by molar-refractivity contribution is -0.276. The van der Waals surface area contributed by atoms with Crippen molar-refractivity contribution >= 4 is 38.7 Å². The summed E-state index contributed by atoms with van der Waals surface area (Å²) in [7, 11) is -6.05. The van der Waals surface area contributed by atoms with E-state index in [0.717, 1.165) is 18.2 Å². The van der Waals surface area contributed by atoms with Crippen LogP contribution in [0.15, 0.2) is 18.2 Å². The molecule has 1 unspecified atom stereocenters. The van der Waals surface area contributed by atoms with Crippen molar-refractivity contribution in [3.05, 3.63) is 34.5 Å². The van der Waals surface area contributed by atoms with Crippen molar-refractivity contribution in [2.45, 2.75) is 44.3 Å². The zero-order valence-electron chi connectivity index (χ0n) is 18.8. The molecule has 0 fully saturated rings. The number of ether oxygens (including phenoxy) is 1. The lowest BCUT2D eigenvalue weighted by Crippen LogP contribution is -2.28. The second-order valence-corrected chi connectivity index (χ2v) is 9.89. The SMILES string of the molecule is Cc1nc(OS(=O)(=O)C(F)(F)F)ccc1-c1cc(C(OC(F)F)C(F)(F)F)c2c(nc3n2CCCN3)c1Cl. The highest BCUT2D eigenvalue weighted by Gasteiger charge is 2.49. The molecule has 1 aliphatic rings. The molecule has 8 nitrogen and oxygen atoms in total. The van der Waals surface area contributed by atoms with Gasteiger partial charge in [-0.05, 0) is 25.5 Å². The Labute approximate surface area is 213 Å². The van der Waals surface area contributed by atoms with Crippen LogP contribution in [0.3, 0.4) is 0 Å². The number of halogens is 9. The minimum Gasteiger partial charge on any atom is -0.356 e. The first-order chi connectivity index (χ1) is 17.5. The summed E-state index contributed by atoms with van der Waals surface area (Å²) in [4.78, 5) is 7.86. The number of nitrogens with zero attached hydrogens (tertiary/aromatic N) is 3. The van der Waals surface area contributed by atoms with Crippen LogP contribution in [-0.4, -0.2) is 47.8 Å². The summed E-state index contributed by atoms with van der Waals surface area (Å²) < 4.78 is 138. The Morgan fingerprint density at radius 3 is 2.37 bits per heavy atom. The fraction of sp³-hybridized carbons (Fsp3) is 0.400. The van der Waals surface area contributed by atoms with Gasteiger partial charge in [0, 0.05) is 41.5 Å². The van der Waals surface area contributed by atoms with Gasteiger partial charge in [0.25, 0.3) is 0 Å². The Morgan fingerprint density at radius 2 is 1.79 bits per heavy atom. The maximum absolute atomic E-state index is 13.9. The highest BCUT2D eigenvalue weighted by Crippen LogP contribution is 2.46. The topological polar surface area (TPSA) is 95.3 Å². The number of rotatable bonds is 6. The molecular formula is C20H15ClF8N4O4S. The van der Waals surface area contributed by atoms with E-state index >= 15 is 0 Å². The Balaban J connectivity index is 1.93. The molecule has 2 aromatic heterocycles. The maximum Gasteiger partial charge on any atom is 0.534 e. The molecule has 18 heteroatoms. The molecular weight excluding hydrogens is 580 g/mol. The summed E-state index contributed by atoms with van der Waals surface area (Å²) in [5, 5.41) is 2.67. The number of benzene rings is 1. The summed E-state index contributed by atoms with van der Waals surface area (Å²) in [6, 6.07) is 2.58. The third-order valence-electron chi connectivity index (χ3n) is 5.47. The Morgan fingerprint density at radius 1 is 1.11 bits per heavy atom. The third-order valence-corrected chi connectivity index (χ3v) is 6.81. The minimum atomic E-state index is -6.05. The largest absolute Gasteiger partial charge is 0.534 e. The molecule has 38 heavy (non-hydrogen) atoms. The van der Waals surface area contributed by atoms with Crippen molar-refractivity contribution in [2.75, 3.05) is 11.9 Å². The zero-order chi connectivity index (χ0) is 28.2. The van der Waals surface area contributed by atoms with E-state index in [4.69, 9.17) is 11.6 Å². The summed E-state index contributed by atoms with van der Waals surface area (Å²) in [5.41, 5.74) is -7.34. The van der Waals surface area contributed by atoms with Crippen LogP contribution >= 0.6 is 11.6 Å². The van der Waals surface area contributed by atoms with E-state index in [1.807, 2.05) is 0 Å². The first-order valence-electron chi connectivity index (χ1n) is 10.5. The van der Waals surface area contributed by atoms with Gasteiger partial charge in [-0.3, -0.25) is 0 Å². The lowest BCUT2D eigenvalue weighted by atomic mass is 9.97. The molecule has 4 rings (SSSR count). The van der Waals surface area contributed by atoms with Gasteiger partial charge in [-0.15, -0.1) is 0 Å². The summed E-state index contributed by atoms with van der Waals surface area (Å²) in [5.74, 6) is -0.836. The van der Waals surface area contributed by atoms with Crippen molar-refractivity contribution in [1.29, 1.82) is 0 Å². The van der Waals surface area contributed by atoms with Gasteiger partial charge < -0.3 is 18.8 Å². The number of hydrogen-bond acceptors (Lipinski definition) is 7. The standard InChI is InChI=1S/C20H15ClF8N4O4S/c1-8-9(3-4-12(31-8)37-38(34,35)20(27,28)29)10-7-11(16(19(24,25)26)36-17(22)23)15-14(13(10)21)32-18-30-5-2-6-33(15)18/h3-4,7,16-17H,2,5-6H2,1H3,(H,30,32). The van der Waals surface area contributed by atoms with Crippen LogP contribution in [0.2, 0.25) is 5.02 Å². The fourth-order valence-electron chi connectivity index (χ4n) is 3.96. The minimum absolute atomic E-state index is 0.0631. The predicted molar refractivity (Wildman–Crippen MR) is 117 cm³/mol. The molecule has 1 atom stereocenters. The molecule has 208 valence electrons. The number of fused-ring (bicyclic) bond motifs is 3. The van der Waals surface area contributed by atoms with Crippen molar-refractivity contribution in [3.63, 3.8) is 0 Å². The van der Waals surface area contributed by atoms with Gasteiger partial charge in [0.05, 0.1) is 10.5 Å². The van der Waals surface area contributed by atoms with Crippen LogP contribution in [0.1, 0.15) is 23.8 Å². The zero-order valence-corrected chi connectivity index (χ0v) is 20.4. The quantitative estimate of drug-likeness (QED) is 0.214. The maximum atomic E-state index is 13.9. The van der Waals surface area contributed by atoms with E-state index in [0.29, 0.717) is 13.0 Å². The highest BCUT2D eigenvalue weighted by atomic mass is 35.5. The van der Waals surface area contributed by atoms with Gasteiger partial charge in [0.2, 0.25) is 11.8 Å². The molecule has 0 saturated heterocycles. The molecule has 1 aromatic carbocycles. The average Bonchev–Trinajstić information content (AvgIpc) is 3.17. The van der Waals surface area contributed by atoms with Crippen LogP contribution in [0, 0.1) is 6.92 Å². The second kappa shape index (κ2) is 9.68. The van der Waals surface area contributed by atoms with Gasteiger partial charge in [-0.25, -0.2) is 9.97 Å². The van der Waals surface area contributed by atoms with Crippen molar-refractivity contribution in [3.8, 4) is 17.0 Å². The molecule has 3 aromatic rings. The number of imidazole rings is 1. The van der Waals surface area contributed by atoms with E-state index in [1.54, 1.807) is 0 Å². The number of pyridine rings is 1. The van der Waals surface area contributed by atoms with Crippen LogP contribution in [-0.2, 0) is 21.4 Å². The van der Waals surface area contributed by atoms with E-state index in [-0.39, 0.29) is 45.4 Å². The molecule has 0 spiro atoms. The average molecular weight is 595 g/mol. The number of aromatic nitrogens is 3. The van der Waals surface area contributed by atoms with Crippen LogP contribution < -0.4 is 9.50 Å². The smallest absolute Gasteiger partial charge is 0.356 e. The van der Waals surface area contributed by atoms with Crippen LogP contribution in [0.5, 0.6) is 5.88 Å². The number of aryl methyl sites for hydroxylation is 2. The molecule has 1 aliphatic heterocycles. The first kappa shape index (κ1) is 28.1. The number of hydrogen-bond donors (Lipinski definition) is 1. The van der Waals surface area contributed by atoms with Crippen molar-refractivity contribution < 1.29 is 52.5 Å². The number of anilines is 1. The normalized spacial score (nSPS) is 15.4. The first-order valence-corrected chi connectivity index (χ1v) is 12.3. The summed E-state index contributed by atoms with van der Waals surface area (Å²) in [6.45, 7) is -1.97. The van der Waals surface area contributed by atoms with Crippen LogP contribution in [0.4, 0.5) is 41.1 Å². The van der Waals surface area contributed by atoms with Crippen molar-refractivity contribution in [1.82, 2.24) is 14.5 Å². The molecule has 0 bridgehead atoms. The Kier molecular flexibility index (Phi) is 7.15. The van der Waals surface area contributed by atoms with Gasteiger partial charge >= 0.3 is 28.4 Å². The highest BCUT2D eigenvalue weighted by molar-refractivity contribution is 7.87. The number of nitrogens with one attached hydrogen (secondary N) is 1. The third kappa shape index (κ3) is 5.18. The van der Waals surface area contributed by atoms with Crippen molar-refractivity contribution in [2.24, 2.45) is 0 Å². The Hall–Kier alpha value is -2.92. The van der Waals surface area contributed by atoms with E-state index in [1.165, 1.54) is 11.5 Å². The summed E-state index contributed by atoms with van der Waals surface area (Å²) >= 11 is 6.49. The van der Waals surface area contributed by atoms with Gasteiger partial charge in [-0.2, -0.15) is 43.5 Å². The Bertz CT molecular complexity index is 1490. The second-order valence-electron chi connectivity index (χ2n) is 7.98. The molecule has 0 aliphatic carbocycles. The van der Waals surface area contributed by atoms with Gasteiger partial charge in [0.15, 0.2) is 6.10 Å². The van der Waals surface area contributed by atoms with Gasteiger partial charge in [-0.1, -0.05) is 11.6 Å². The molecule has 3 heterocycles. The predicted octanol–water partition coefficient (Wildman–Crippen LogP) is 5.95. The fourth-order valence-corrected chi connectivity index (χ4v) is 4.66. The van der Waals surface area contributed by atoms with E-state index in [2.05, 4.69) is 24.2 Å². The monoisotopic (exact) mass is 594 g/mol. The summed E-state index contributed by atoms with van der Waals surface area (Å²) in [6.07, 6.45) is -7.91. The molecule has 1 N–H and O–H groups in total. The number of alkyl halides is 8. The van der Waals surface area contributed by atoms with E-state index in [9.17, 15) is 43.5 Å². The van der Waals surface area contributed by atoms with Gasteiger partial charge in [0.1, 0.15) is 5.52 Å². The van der Waals surface area contributed by atoms with E-state index < -0.39 is 46.0 Å². The van der Waals surface area contributed by atoms with Crippen LogP contribution in [0.25, 0.3) is 22.2 Å². The molecule has 0 amide bonds. The molecule has 0 saturated carbocycles. The molecule has 0 radical (unpaired) electrons.